The first kappa shape index (κ1) is 17.1. The molecule has 2 aromatic carbocycles. The zero-order chi connectivity index (χ0) is 16.3. The van der Waals surface area contributed by atoms with Gasteiger partial charge in [-0.1, -0.05) is 75.3 Å². The summed E-state index contributed by atoms with van der Waals surface area (Å²) in [4.78, 5) is 0. The first-order chi connectivity index (χ1) is 11.3. The van der Waals surface area contributed by atoms with E-state index in [-0.39, 0.29) is 0 Å². The van der Waals surface area contributed by atoms with E-state index >= 15 is 0 Å². The molecule has 0 atom stereocenters. The minimum Gasteiger partial charge on any atom is -0.457 e. The first-order valence-corrected chi connectivity index (χ1v) is 8.53. The Labute approximate surface area is 140 Å². The normalized spacial score (nSPS) is 11.4. The van der Waals surface area contributed by atoms with Gasteiger partial charge in [-0.25, -0.2) is 0 Å². The van der Waals surface area contributed by atoms with Gasteiger partial charge in [-0.2, -0.15) is 0 Å². The Morgan fingerprint density at radius 3 is 1.39 bits per heavy atom. The Morgan fingerprint density at radius 2 is 1.04 bits per heavy atom. The average molecular weight is 306 g/mol. The molecule has 0 aromatic heterocycles. The summed E-state index contributed by atoms with van der Waals surface area (Å²) in [6.45, 7) is 4.37. The average Bonchev–Trinajstić information content (AvgIpc) is 2.58. The molecule has 0 unspecified atom stereocenters. The molecule has 1 nitrogen and oxygen atoms in total. The molecule has 0 saturated carbocycles. The molecule has 0 radical (unpaired) electrons. The molecule has 0 aliphatic rings. The van der Waals surface area contributed by atoms with E-state index in [0.29, 0.717) is 0 Å². The fourth-order valence-corrected chi connectivity index (χ4v) is 2.20. The van der Waals surface area contributed by atoms with Crippen molar-refractivity contribution in [3.63, 3.8) is 0 Å². The highest BCUT2D eigenvalue weighted by Gasteiger charge is 1.97. The van der Waals surface area contributed by atoms with Crippen LogP contribution in [-0.2, 0) is 0 Å². The van der Waals surface area contributed by atoms with Crippen molar-refractivity contribution in [3.05, 3.63) is 71.8 Å². The van der Waals surface area contributed by atoms with Crippen molar-refractivity contribution >= 4 is 12.2 Å². The van der Waals surface area contributed by atoms with E-state index in [4.69, 9.17) is 4.74 Å². The molecule has 0 heterocycles. The Morgan fingerprint density at radius 1 is 0.652 bits per heavy atom. The summed E-state index contributed by atoms with van der Waals surface area (Å²) in [7, 11) is 0. The molecular formula is C22H26O. The molecule has 23 heavy (non-hydrogen) atoms. The molecule has 0 aliphatic heterocycles. The van der Waals surface area contributed by atoms with Crippen LogP contribution in [0.2, 0.25) is 0 Å². The lowest BCUT2D eigenvalue weighted by atomic mass is 10.1. The summed E-state index contributed by atoms with van der Waals surface area (Å²) in [5, 5.41) is 0. The molecule has 2 aromatic rings. The molecule has 0 fully saturated rings. The monoisotopic (exact) mass is 306 g/mol. The second-order valence-corrected chi connectivity index (χ2v) is 5.62. The van der Waals surface area contributed by atoms with E-state index in [1.165, 1.54) is 24.0 Å². The lowest BCUT2D eigenvalue weighted by Crippen LogP contribution is -1.84. The number of ether oxygens (including phenoxy) is 1. The molecule has 0 amide bonds. The van der Waals surface area contributed by atoms with E-state index in [1.807, 2.05) is 24.3 Å². The highest BCUT2D eigenvalue weighted by atomic mass is 16.5. The van der Waals surface area contributed by atoms with Crippen LogP contribution in [0.25, 0.3) is 12.2 Å². The third kappa shape index (κ3) is 6.15. The van der Waals surface area contributed by atoms with Crippen LogP contribution < -0.4 is 4.74 Å². The maximum atomic E-state index is 5.89. The smallest absolute Gasteiger partial charge is 0.127 e. The second kappa shape index (κ2) is 9.68. The van der Waals surface area contributed by atoms with E-state index in [2.05, 4.69) is 62.4 Å². The van der Waals surface area contributed by atoms with Gasteiger partial charge in [0.05, 0.1) is 0 Å². The van der Waals surface area contributed by atoms with Crippen molar-refractivity contribution in [1.82, 2.24) is 0 Å². The van der Waals surface area contributed by atoms with E-state index in [0.717, 1.165) is 24.3 Å². The van der Waals surface area contributed by atoms with Gasteiger partial charge in [0.15, 0.2) is 0 Å². The highest BCUT2D eigenvalue weighted by molar-refractivity contribution is 5.52. The van der Waals surface area contributed by atoms with Crippen LogP contribution >= 0.6 is 0 Å². The number of unbranched alkanes of at least 4 members (excludes halogenated alkanes) is 2. The van der Waals surface area contributed by atoms with Crippen LogP contribution in [0.5, 0.6) is 11.5 Å². The van der Waals surface area contributed by atoms with Gasteiger partial charge in [0.25, 0.3) is 0 Å². The van der Waals surface area contributed by atoms with Crippen LogP contribution in [0.4, 0.5) is 0 Å². The summed E-state index contributed by atoms with van der Waals surface area (Å²) in [5.74, 6) is 1.74. The van der Waals surface area contributed by atoms with Crippen molar-refractivity contribution in [3.8, 4) is 11.5 Å². The molecule has 0 N–H and O–H groups in total. The maximum absolute atomic E-state index is 5.89. The zero-order valence-corrected chi connectivity index (χ0v) is 14.2. The van der Waals surface area contributed by atoms with Crippen LogP contribution in [0.15, 0.2) is 60.7 Å². The van der Waals surface area contributed by atoms with Gasteiger partial charge in [-0.15, -0.1) is 0 Å². The molecule has 0 saturated heterocycles. The SMILES string of the molecule is CCCC=Cc1ccc(Oc2ccc(C=CCCC)cc2)cc1. The van der Waals surface area contributed by atoms with Gasteiger partial charge in [0.1, 0.15) is 11.5 Å². The minimum atomic E-state index is 0.868. The number of allylic oxidation sites excluding steroid dienone is 2. The number of hydrogen-bond donors (Lipinski definition) is 0. The van der Waals surface area contributed by atoms with Crippen molar-refractivity contribution in [2.75, 3.05) is 0 Å². The van der Waals surface area contributed by atoms with Gasteiger partial charge in [-0.05, 0) is 48.2 Å². The largest absolute Gasteiger partial charge is 0.457 e. The molecule has 0 bridgehead atoms. The van der Waals surface area contributed by atoms with Gasteiger partial charge >= 0.3 is 0 Å². The minimum absolute atomic E-state index is 0.868. The molecular weight excluding hydrogens is 280 g/mol. The van der Waals surface area contributed by atoms with Crippen molar-refractivity contribution in [1.29, 1.82) is 0 Å². The predicted octanol–water partition coefficient (Wildman–Crippen LogP) is 7.11. The van der Waals surface area contributed by atoms with Gasteiger partial charge in [-0.3, -0.25) is 0 Å². The summed E-state index contributed by atoms with van der Waals surface area (Å²) < 4.78 is 5.89. The maximum Gasteiger partial charge on any atom is 0.127 e. The predicted molar refractivity (Wildman–Crippen MR) is 101 cm³/mol. The lowest BCUT2D eigenvalue weighted by Gasteiger charge is -2.06. The summed E-state index contributed by atoms with van der Waals surface area (Å²) in [5.41, 5.74) is 2.42. The van der Waals surface area contributed by atoms with E-state index < -0.39 is 0 Å². The van der Waals surface area contributed by atoms with Crippen LogP contribution in [-0.4, -0.2) is 0 Å². The molecule has 0 spiro atoms. The zero-order valence-electron chi connectivity index (χ0n) is 14.2. The van der Waals surface area contributed by atoms with Crippen LogP contribution in [0, 0.1) is 0 Å². The Balaban J connectivity index is 1.93. The van der Waals surface area contributed by atoms with Crippen molar-refractivity contribution < 1.29 is 4.74 Å². The fraction of sp³-hybridized carbons (Fsp3) is 0.273. The van der Waals surface area contributed by atoms with Gasteiger partial charge in [0, 0.05) is 0 Å². The molecule has 1 heteroatoms. The van der Waals surface area contributed by atoms with E-state index in [1.54, 1.807) is 0 Å². The third-order valence-corrected chi connectivity index (χ3v) is 3.53. The van der Waals surface area contributed by atoms with Gasteiger partial charge in [0.2, 0.25) is 0 Å². The quantitative estimate of drug-likeness (QED) is 0.505. The van der Waals surface area contributed by atoms with Gasteiger partial charge < -0.3 is 4.74 Å². The van der Waals surface area contributed by atoms with E-state index in [9.17, 15) is 0 Å². The topological polar surface area (TPSA) is 9.23 Å². The summed E-state index contributed by atoms with van der Waals surface area (Å²) >= 11 is 0. The standard InChI is InChI=1S/C22H26O/c1-3-5-7-9-19-11-15-21(16-12-19)23-22-17-13-20(14-18-22)10-8-6-4-2/h7-18H,3-6H2,1-2H3. The van der Waals surface area contributed by atoms with Crippen LogP contribution in [0.1, 0.15) is 50.7 Å². The summed E-state index contributed by atoms with van der Waals surface area (Å²) in [6, 6.07) is 16.4. The Bertz CT molecular complexity index is 561. The Kier molecular flexibility index (Phi) is 7.19. The third-order valence-electron chi connectivity index (χ3n) is 3.53. The summed E-state index contributed by atoms with van der Waals surface area (Å²) in [6.07, 6.45) is 13.3. The van der Waals surface area contributed by atoms with Crippen LogP contribution in [0.3, 0.4) is 0 Å². The second-order valence-electron chi connectivity index (χ2n) is 5.62. The number of rotatable bonds is 8. The first-order valence-electron chi connectivity index (χ1n) is 8.53. The van der Waals surface area contributed by atoms with Crippen molar-refractivity contribution in [2.45, 2.75) is 39.5 Å². The fourth-order valence-electron chi connectivity index (χ4n) is 2.20. The molecule has 120 valence electrons. The molecule has 0 aliphatic carbocycles. The highest BCUT2D eigenvalue weighted by Crippen LogP contribution is 2.23. The number of hydrogen-bond acceptors (Lipinski definition) is 1. The van der Waals surface area contributed by atoms with Crippen molar-refractivity contribution in [2.24, 2.45) is 0 Å². The molecule has 2 rings (SSSR count). The Hall–Kier alpha value is -2.28. The lowest BCUT2D eigenvalue weighted by molar-refractivity contribution is 0.482. The number of benzene rings is 2.